The van der Waals surface area contributed by atoms with Crippen molar-refractivity contribution in [3.63, 3.8) is 0 Å². The standard InChI is InChI=1S/C25H34IN3O7/c1-2-20(31)25(34)29(9-8-28-10-13-35-14-11-28)19-15-17(24(33)27-7-12-30)16-22(23(19)32)36-21-6-4-3-5-18(21)26/h3-6,16,19,22-23,30,32H,2,7-15H2,1H3,(H,27,33)/t19-,22+,23+/m1/s1. The lowest BCUT2D eigenvalue weighted by molar-refractivity contribution is -0.149. The van der Waals surface area contributed by atoms with Gasteiger partial charge in [-0.3, -0.25) is 19.3 Å². The number of benzene rings is 1. The molecule has 1 aliphatic carbocycles. The lowest BCUT2D eigenvalue weighted by Crippen LogP contribution is -2.58. The maximum atomic E-state index is 13.2. The Morgan fingerprint density at radius 1 is 1.25 bits per heavy atom. The zero-order chi connectivity index (χ0) is 26.1. The number of hydrogen-bond acceptors (Lipinski definition) is 8. The number of Topliss-reactive ketones (excluding diaryl/α,β-unsaturated/α-hetero) is 1. The number of morpholine rings is 1. The number of rotatable bonds is 11. The van der Waals surface area contributed by atoms with Gasteiger partial charge in [-0.15, -0.1) is 0 Å². The number of halogens is 1. The van der Waals surface area contributed by atoms with Crippen molar-refractivity contribution >= 4 is 40.2 Å². The van der Waals surface area contributed by atoms with E-state index in [4.69, 9.17) is 14.6 Å². The zero-order valence-electron chi connectivity index (χ0n) is 20.4. The van der Waals surface area contributed by atoms with Gasteiger partial charge < -0.3 is 29.9 Å². The number of ketones is 1. The molecule has 0 unspecified atom stereocenters. The van der Waals surface area contributed by atoms with E-state index >= 15 is 0 Å². The van der Waals surface area contributed by atoms with Crippen LogP contribution < -0.4 is 10.1 Å². The molecule has 3 rings (SSSR count). The third-order valence-corrected chi connectivity index (χ3v) is 7.19. The summed E-state index contributed by atoms with van der Waals surface area (Å²) in [5, 5.41) is 23.1. The normalized spacial score (nSPS) is 22.4. The van der Waals surface area contributed by atoms with Crippen LogP contribution in [0.5, 0.6) is 5.75 Å². The Hall–Kier alpha value is -2.06. The van der Waals surface area contributed by atoms with Crippen LogP contribution >= 0.6 is 22.6 Å². The number of nitrogens with one attached hydrogen (secondary N) is 1. The van der Waals surface area contributed by atoms with Gasteiger partial charge in [-0.05, 0) is 40.8 Å². The molecule has 1 heterocycles. The molecule has 1 aromatic rings. The Balaban J connectivity index is 1.90. The van der Waals surface area contributed by atoms with Crippen LogP contribution in [0.4, 0.5) is 0 Å². The average molecular weight is 615 g/mol. The largest absolute Gasteiger partial charge is 0.482 e. The fraction of sp³-hybridized carbons (Fsp3) is 0.560. The summed E-state index contributed by atoms with van der Waals surface area (Å²) in [6.45, 7) is 4.81. The molecule has 198 valence electrons. The lowest BCUT2D eigenvalue weighted by atomic mass is 9.88. The van der Waals surface area contributed by atoms with Crippen molar-refractivity contribution in [3.05, 3.63) is 39.5 Å². The number of ether oxygens (including phenoxy) is 2. The van der Waals surface area contributed by atoms with Crippen LogP contribution in [0.15, 0.2) is 35.9 Å². The number of para-hydroxylation sites is 1. The molecule has 2 amide bonds. The average Bonchev–Trinajstić information content (AvgIpc) is 2.90. The minimum absolute atomic E-state index is 0.0392. The molecule has 1 aliphatic heterocycles. The SMILES string of the molecule is CCC(=O)C(=O)N(CCN1CCOCC1)[C@@H]1CC(C(=O)NCCO)=C[C@H](Oc2ccccc2I)[C@H]1O. The summed E-state index contributed by atoms with van der Waals surface area (Å²) < 4.78 is 12.3. The molecule has 0 radical (unpaired) electrons. The van der Waals surface area contributed by atoms with Gasteiger partial charge in [0.25, 0.3) is 5.91 Å². The zero-order valence-corrected chi connectivity index (χ0v) is 22.6. The Labute approximate surface area is 224 Å². The first-order chi connectivity index (χ1) is 17.3. The second-order valence-electron chi connectivity index (χ2n) is 8.68. The van der Waals surface area contributed by atoms with Gasteiger partial charge in [-0.25, -0.2) is 0 Å². The third-order valence-electron chi connectivity index (χ3n) is 6.30. The summed E-state index contributed by atoms with van der Waals surface area (Å²) >= 11 is 2.12. The van der Waals surface area contributed by atoms with Gasteiger partial charge in [0, 0.05) is 51.1 Å². The van der Waals surface area contributed by atoms with Crippen LogP contribution in [-0.4, -0.2) is 108 Å². The van der Waals surface area contributed by atoms with Crippen molar-refractivity contribution in [3.8, 4) is 5.75 Å². The molecule has 0 bridgehead atoms. The topological polar surface area (TPSA) is 129 Å². The summed E-state index contributed by atoms with van der Waals surface area (Å²) in [7, 11) is 0. The van der Waals surface area contributed by atoms with Gasteiger partial charge in [0.15, 0.2) is 0 Å². The maximum absolute atomic E-state index is 13.2. The fourth-order valence-corrected chi connectivity index (χ4v) is 4.78. The van der Waals surface area contributed by atoms with Gasteiger partial charge in [0.1, 0.15) is 18.0 Å². The van der Waals surface area contributed by atoms with Crippen LogP contribution in [0, 0.1) is 3.57 Å². The van der Waals surface area contributed by atoms with Gasteiger partial charge in [-0.2, -0.15) is 0 Å². The molecule has 0 aromatic heterocycles. The van der Waals surface area contributed by atoms with Crippen molar-refractivity contribution in [1.29, 1.82) is 0 Å². The number of aliphatic hydroxyl groups excluding tert-OH is 2. The van der Waals surface area contributed by atoms with Crippen molar-refractivity contribution < 1.29 is 34.1 Å². The van der Waals surface area contributed by atoms with Gasteiger partial charge in [-0.1, -0.05) is 19.1 Å². The summed E-state index contributed by atoms with van der Waals surface area (Å²) in [5.74, 6) is -1.12. The summed E-state index contributed by atoms with van der Waals surface area (Å²) in [4.78, 5) is 42.0. The Kier molecular flexibility index (Phi) is 11.1. The third kappa shape index (κ3) is 7.48. The second-order valence-corrected chi connectivity index (χ2v) is 9.84. The highest BCUT2D eigenvalue weighted by molar-refractivity contribution is 14.1. The van der Waals surface area contributed by atoms with Gasteiger partial charge in [0.05, 0.1) is 29.4 Å². The lowest BCUT2D eigenvalue weighted by Gasteiger charge is -2.41. The number of nitrogens with zero attached hydrogens (tertiary/aromatic N) is 2. The molecular formula is C25H34IN3O7. The molecule has 2 aliphatic rings. The van der Waals surface area contributed by atoms with E-state index in [9.17, 15) is 19.5 Å². The first kappa shape index (κ1) is 28.5. The van der Waals surface area contributed by atoms with Gasteiger partial charge in [0.2, 0.25) is 11.7 Å². The summed E-state index contributed by atoms with van der Waals surface area (Å²) in [6.07, 6.45) is -0.449. The van der Waals surface area contributed by atoms with E-state index in [-0.39, 0.29) is 32.5 Å². The van der Waals surface area contributed by atoms with Crippen molar-refractivity contribution in [2.75, 3.05) is 52.5 Å². The Morgan fingerprint density at radius 2 is 1.97 bits per heavy atom. The van der Waals surface area contributed by atoms with Crippen LogP contribution in [0.25, 0.3) is 0 Å². The van der Waals surface area contributed by atoms with E-state index in [1.54, 1.807) is 25.1 Å². The van der Waals surface area contributed by atoms with Crippen LogP contribution in [0.1, 0.15) is 19.8 Å². The van der Waals surface area contributed by atoms with E-state index in [1.807, 2.05) is 12.1 Å². The van der Waals surface area contributed by atoms with E-state index in [2.05, 4.69) is 32.8 Å². The molecule has 36 heavy (non-hydrogen) atoms. The Morgan fingerprint density at radius 3 is 2.64 bits per heavy atom. The first-order valence-electron chi connectivity index (χ1n) is 12.2. The maximum Gasteiger partial charge on any atom is 0.290 e. The van der Waals surface area contributed by atoms with Crippen molar-refractivity contribution in [2.24, 2.45) is 0 Å². The molecule has 0 spiro atoms. The Bertz CT molecular complexity index is 951. The van der Waals surface area contributed by atoms with Crippen LogP contribution in [-0.2, 0) is 19.1 Å². The number of carbonyl (C=O) groups is 3. The highest BCUT2D eigenvalue weighted by Gasteiger charge is 2.41. The number of carbonyl (C=O) groups excluding carboxylic acids is 3. The van der Waals surface area contributed by atoms with E-state index in [0.717, 1.165) is 3.57 Å². The fourth-order valence-electron chi connectivity index (χ4n) is 4.27. The molecule has 1 aromatic carbocycles. The quantitative estimate of drug-likeness (QED) is 0.241. The second kappa shape index (κ2) is 14.0. The van der Waals surface area contributed by atoms with E-state index in [1.165, 1.54) is 4.90 Å². The van der Waals surface area contributed by atoms with E-state index < -0.39 is 35.8 Å². The van der Waals surface area contributed by atoms with Crippen LogP contribution in [0.3, 0.4) is 0 Å². The molecule has 3 N–H and O–H groups in total. The summed E-state index contributed by atoms with van der Waals surface area (Å²) in [6, 6.07) is 6.44. The first-order valence-corrected chi connectivity index (χ1v) is 13.3. The minimum Gasteiger partial charge on any atom is -0.482 e. The predicted octanol–water partition coefficient (Wildman–Crippen LogP) is 0.347. The number of hydrogen-bond donors (Lipinski definition) is 3. The molecular weight excluding hydrogens is 581 g/mol. The van der Waals surface area contributed by atoms with Gasteiger partial charge >= 0.3 is 0 Å². The smallest absolute Gasteiger partial charge is 0.290 e. The molecule has 1 fully saturated rings. The molecule has 0 saturated carbocycles. The molecule has 11 heteroatoms. The minimum atomic E-state index is -1.17. The predicted molar refractivity (Wildman–Crippen MR) is 140 cm³/mol. The molecule has 1 saturated heterocycles. The number of aliphatic hydroxyl groups is 2. The highest BCUT2D eigenvalue weighted by Crippen LogP contribution is 2.30. The van der Waals surface area contributed by atoms with E-state index in [0.29, 0.717) is 44.2 Å². The van der Waals surface area contributed by atoms with Crippen LogP contribution in [0.2, 0.25) is 0 Å². The van der Waals surface area contributed by atoms with Crippen molar-refractivity contribution in [1.82, 2.24) is 15.1 Å². The van der Waals surface area contributed by atoms with Crippen molar-refractivity contribution in [2.45, 2.75) is 38.0 Å². The molecule has 3 atom stereocenters. The monoisotopic (exact) mass is 615 g/mol. The molecule has 10 nitrogen and oxygen atoms in total. The number of amides is 2. The highest BCUT2D eigenvalue weighted by atomic mass is 127. The summed E-state index contributed by atoms with van der Waals surface area (Å²) in [5.41, 5.74) is 0.322.